The number of amides is 1. The molecule has 0 unspecified atom stereocenters. The van der Waals surface area contributed by atoms with E-state index in [0.29, 0.717) is 37.7 Å². The zero-order valence-corrected chi connectivity index (χ0v) is 13.1. The Kier molecular flexibility index (Phi) is 4.88. The van der Waals surface area contributed by atoms with Gasteiger partial charge in [-0.3, -0.25) is 9.78 Å². The van der Waals surface area contributed by atoms with Crippen LogP contribution < -0.4 is 4.74 Å². The molecule has 2 heterocycles. The Bertz CT molecular complexity index is 660. The van der Waals surface area contributed by atoms with E-state index in [0.717, 1.165) is 5.56 Å². The number of pyridine rings is 1. The van der Waals surface area contributed by atoms with E-state index in [1.807, 2.05) is 48.2 Å². The van der Waals surface area contributed by atoms with Gasteiger partial charge in [0.05, 0.1) is 24.8 Å². The van der Waals surface area contributed by atoms with Crippen molar-refractivity contribution in [2.75, 3.05) is 19.8 Å². The average molecular weight is 312 g/mol. The maximum Gasteiger partial charge on any atom is 0.258 e. The number of nitrogens with zero attached hydrogens (tertiary/aromatic N) is 2. The number of morpholine rings is 1. The van der Waals surface area contributed by atoms with Gasteiger partial charge < -0.3 is 14.4 Å². The Balaban J connectivity index is 1.76. The highest BCUT2D eigenvalue weighted by Crippen LogP contribution is 2.23. The Morgan fingerprint density at radius 3 is 2.87 bits per heavy atom. The third kappa shape index (κ3) is 3.68. The highest BCUT2D eigenvalue weighted by Gasteiger charge is 2.26. The fourth-order valence-corrected chi connectivity index (χ4v) is 2.59. The Labute approximate surface area is 135 Å². The molecule has 0 spiro atoms. The second-order valence-electron chi connectivity index (χ2n) is 5.56. The van der Waals surface area contributed by atoms with Gasteiger partial charge >= 0.3 is 0 Å². The van der Waals surface area contributed by atoms with Gasteiger partial charge in [-0.25, -0.2) is 0 Å². The molecule has 2 aromatic rings. The minimum absolute atomic E-state index is 0.00821. The zero-order valence-electron chi connectivity index (χ0n) is 13.1. The van der Waals surface area contributed by atoms with E-state index in [9.17, 15) is 4.79 Å². The van der Waals surface area contributed by atoms with Crippen LogP contribution in [0.4, 0.5) is 0 Å². The van der Waals surface area contributed by atoms with Crippen molar-refractivity contribution in [3.63, 3.8) is 0 Å². The van der Waals surface area contributed by atoms with Crippen molar-refractivity contribution in [1.29, 1.82) is 0 Å². The van der Waals surface area contributed by atoms with Crippen LogP contribution in [0.25, 0.3) is 0 Å². The summed E-state index contributed by atoms with van der Waals surface area (Å²) in [6.45, 7) is 4.17. The summed E-state index contributed by atoms with van der Waals surface area (Å²) in [4.78, 5) is 18.7. The molecular weight excluding hydrogens is 292 g/mol. The van der Waals surface area contributed by atoms with Crippen molar-refractivity contribution in [1.82, 2.24) is 9.88 Å². The fraction of sp³-hybridized carbons (Fsp3) is 0.333. The number of hydrogen-bond donors (Lipinski definition) is 0. The molecule has 1 amide bonds. The molecule has 120 valence electrons. The van der Waals surface area contributed by atoms with Gasteiger partial charge in [0.1, 0.15) is 12.4 Å². The van der Waals surface area contributed by atoms with Crippen molar-refractivity contribution >= 4 is 5.91 Å². The van der Waals surface area contributed by atoms with Crippen LogP contribution >= 0.6 is 0 Å². The van der Waals surface area contributed by atoms with E-state index < -0.39 is 0 Å². The second-order valence-corrected chi connectivity index (χ2v) is 5.56. The summed E-state index contributed by atoms with van der Waals surface area (Å²) in [7, 11) is 0. The number of benzene rings is 1. The molecule has 0 bridgehead atoms. The molecule has 1 aliphatic heterocycles. The van der Waals surface area contributed by atoms with E-state index in [1.54, 1.807) is 12.4 Å². The normalized spacial score (nSPS) is 17.8. The fourth-order valence-electron chi connectivity index (χ4n) is 2.59. The summed E-state index contributed by atoms with van der Waals surface area (Å²) in [6.07, 6.45) is 3.45. The van der Waals surface area contributed by atoms with Gasteiger partial charge in [0.15, 0.2) is 0 Å². The highest BCUT2D eigenvalue weighted by molar-refractivity contribution is 5.97. The van der Waals surface area contributed by atoms with Crippen LogP contribution in [0.1, 0.15) is 22.8 Å². The van der Waals surface area contributed by atoms with Gasteiger partial charge in [-0.15, -0.1) is 0 Å². The molecule has 1 aromatic carbocycles. The lowest BCUT2D eigenvalue weighted by atomic mass is 10.1. The van der Waals surface area contributed by atoms with Crippen molar-refractivity contribution in [3.8, 4) is 5.75 Å². The topological polar surface area (TPSA) is 51.7 Å². The molecule has 0 N–H and O–H groups in total. The first-order chi connectivity index (χ1) is 11.3. The maximum atomic E-state index is 12.8. The van der Waals surface area contributed by atoms with Crippen LogP contribution in [-0.4, -0.2) is 41.6 Å². The maximum absolute atomic E-state index is 12.8. The number of carbonyl (C=O) groups is 1. The molecule has 1 atom stereocenters. The number of ether oxygens (including phenoxy) is 2. The first-order valence-corrected chi connectivity index (χ1v) is 7.75. The summed E-state index contributed by atoms with van der Waals surface area (Å²) in [6, 6.07) is 11.2. The van der Waals surface area contributed by atoms with E-state index in [4.69, 9.17) is 9.47 Å². The highest BCUT2D eigenvalue weighted by atomic mass is 16.5. The van der Waals surface area contributed by atoms with Gasteiger partial charge in [-0.2, -0.15) is 0 Å². The average Bonchev–Trinajstić information content (AvgIpc) is 2.61. The van der Waals surface area contributed by atoms with Crippen LogP contribution in [0.3, 0.4) is 0 Å². The van der Waals surface area contributed by atoms with Crippen LogP contribution in [0, 0.1) is 0 Å². The van der Waals surface area contributed by atoms with E-state index >= 15 is 0 Å². The third-order valence-electron chi connectivity index (χ3n) is 3.89. The minimum atomic E-state index is -0.00821. The summed E-state index contributed by atoms with van der Waals surface area (Å²) in [5.74, 6) is 0.596. The lowest BCUT2D eigenvalue weighted by molar-refractivity contribution is 0.00339. The largest absolute Gasteiger partial charge is 0.488 e. The zero-order chi connectivity index (χ0) is 16.1. The SMILES string of the molecule is C[C@@H]1COCCN1C(=O)c1ccccc1OCc1ccncc1. The van der Waals surface area contributed by atoms with E-state index in [2.05, 4.69) is 4.98 Å². The molecule has 5 nitrogen and oxygen atoms in total. The summed E-state index contributed by atoms with van der Waals surface area (Å²) < 4.78 is 11.3. The molecule has 0 aliphatic carbocycles. The number of para-hydroxylation sites is 1. The lowest BCUT2D eigenvalue weighted by Gasteiger charge is -2.33. The number of hydrogen-bond acceptors (Lipinski definition) is 4. The van der Waals surface area contributed by atoms with Crippen LogP contribution in [0.5, 0.6) is 5.75 Å². The molecule has 1 aromatic heterocycles. The second kappa shape index (κ2) is 7.24. The van der Waals surface area contributed by atoms with Crippen LogP contribution in [0.15, 0.2) is 48.8 Å². The van der Waals surface area contributed by atoms with Crippen molar-refractivity contribution in [2.45, 2.75) is 19.6 Å². The standard InChI is InChI=1S/C18H20N2O3/c1-14-12-22-11-10-20(14)18(21)16-4-2-3-5-17(16)23-13-15-6-8-19-9-7-15/h2-9,14H,10-13H2,1H3/t14-/m1/s1. The van der Waals surface area contributed by atoms with Gasteiger partial charge in [-0.1, -0.05) is 12.1 Å². The Hall–Kier alpha value is -2.40. The summed E-state index contributed by atoms with van der Waals surface area (Å²) in [5.41, 5.74) is 1.61. The Morgan fingerprint density at radius 1 is 1.30 bits per heavy atom. The quantitative estimate of drug-likeness (QED) is 0.870. The molecule has 23 heavy (non-hydrogen) atoms. The van der Waals surface area contributed by atoms with Crippen molar-refractivity contribution in [3.05, 3.63) is 59.9 Å². The molecular formula is C18H20N2O3. The third-order valence-corrected chi connectivity index (χ3v) is 3.89. The van der Waals surface area contributed by atoms with Crippen molar-refractivity contribution < 1.29 is 14.3 Å². The number of rotatable bonds is 4. The molecule has 1 aliphatic rings. The van der Waals surface area contributed by atoms with Crippen LogP contribution in [-0.2, 0) is 11.3 Å². The van der Waals surface area contributed by atoms with Gasteiger partial charge in [0, 0.05) is 18.9 Å². The molecule has 1 saturated heterocycles. The van der Waals surface area contributed by atoms with Gasteiger partial charge in [0.25, 0.3) is 5.91 Å². The molecule has 0 radical (unpaired) electrons. The van der Waals surface area contributed by atoms with Gasteiger partial charge in [0.2, 0.25) is 0 Å². The van der Waals surface area contributed by atoms with E-state index in [-0.39, 0.29) is 11.9 Å². The van der Waals surface area contributed by atoms with E-state index in [1.165, 1.54) is 0 Å². The molecule has 5 heteroatoms. The Morgan fingerprint density at radius 2 is 2.09 bits per heavy atom. The molecule has 1 fully saturated rings. The molecule has 3 rings (SSSR count). The predicted octanol–water partition coefficient (Wildman–Crippen LogP) is 2.52. The summed E-state index contributed by atoms with van der Waals surface area (Å²) in [5, 5.41) is 0. The molecule has 0 saturated carbocycles. The predicted molar refractivity (Wildman–Crippen MR) is 86.3 cm³/mol. The number of aromatic nitrogens is 1. The lowest BCUT2D eigenvalue weighted by Crippen LogP contribution is -2.47. The minimum Gasteiger partial charge on any atom is -0.488 e. The monoisotopic (exact) mass is 312 g/mol. The summed E-state index contributed by atoms with van der Waals surface area (Å²) >= 11 is 0. The number of carbonyl (C=O) groups excluding carboxylic acids is 1. The smallest absolute Gasteiger partial charge is 0.258 e. The van der Waals surface area contributed by atoms with Crippen LogP contribution in [0.2, 0.25) is 0 Å². The van der Waals surface area contributed by atoms with Gasteiger partial charge in [-0.05, 0) is 36.8 Å². The first kappa shape index (κ1) is 15.5. The first-order valence-electron chi connectivity index (χ1n) is 7.75. The van der Waals surface area contributed by atoms with Crippen molar-refractivity contribution in [2.24, 2.45) is 0 Å².